The molecular weight excluding hydrogens is 220 g/mol. The van der Waals surface area contributed by atoms with Gasteiger partial charge in [0.1, 0.15) is 12.4 Å². The highest BCUT2D eigenvalue weighted by Gasteiger charge is 2.47. The van der Waals surface area contributed by atoms with Crippen LogP contribution in [0.3, 0.4) is 0 Å². The van der Waals surface area contributed by atoms with Crippen LogP contribution in [0.5, 0.6) is 0 Å². The van der Waals surface area contributed by atoms with E-state index < -0.39 is 8.32 Å². The number of epoxide rings is 1. The number of hydrogen-bond acceptors (Lipinski definition) is 3. The number of hydrogen-bond donors (Lipinski definition) is 0. The maximum atomic E-state index is 10.7. The van der Waals surface area contributed by atoms with Crippen molar-refractivity contribution in [3.8, 4) is 0 Å². The molecule has 3 nitrogen and oxygen atoms in total. The van der Waals surface area contributed by atoms with Gasteiger partial charge in [0, 0.05) is 6.42 Å². The molecule has 0 unspecified atom stereocenters. The van der Waals surface area contributed by atoms with Crippen molar-refractivity contribution in [1.29, 1.82) is 0 Å². The molecule has 0 spiro atoms. The molecule has 0 radical (unpaired) electrons. The van der Waals surface area contributed by atoms with Gasteiger partial charge in [-0.15, -0.1) is 0 Å². The first-order valence-corrected chi connectivity index (χ1v) is 8.87. The molecule has 1 rings (SSSR count). The predicted molar refractivity (Wildman–Crippen MR) is 67.1 cm³/mol. The summed E-state index contributed by atoms with van der Waals surface area (Å²) in [7, 11) is -1.80. The molecule has 0 aromatic rings. The molecule has 1 aliphatic heterocycles. The van der Waals surface area contributed by atoms with Gasteiger partial charge in [-0.25, -0.2) is 0 Å². The number of carbonyl (C=O) groups excluding carboxylic acids is 1. The van der Waals surface area contributed by atoms with Gasteiger partial charge in [-0.3, -0.25) is 0 Å². The van der Waals surface area contributed by atoms with Crippen LogP contribution in [0.4, 0.5) is 0 Å². The highest BCUT2D eigenvalue weighted by atomic mass is 28.4. The lowest BCUT2D eigenvalue weighted by Gasteiger charge is -2.38. The lowest BCUT2D eigenvalue weighted by atomic mass is 10.2. The molecule has 1 heterocycles. The zero-order valence-electron chi connectivity index (χ0n) is 11.2. The quantitative estimate of drug-likeness (QED) is 0.424. The molecule has 16 heavy (non-hydrogen) atoms. The molecule has 1 aliphatic rings. The van der Waals surface area contributed by atoms with E-state index in [-0.39, 0.29) is 23.4 Å². The Bertz CT molecular complexity index is 257. The van der Waals surface area contributed by atoms with Gasteiger partial charge in [0.25, 0.3) is 0 Å². The minimum atomic E-state index is -1.80. The summed E-state index contributed by atoms with van der Waals surface area (Å²) in [5, 5.41) is 0.173. The molecule has 4 heteroatoms. The van der Waals surface area contributed by atoms with E-state index in [0.29, 0.717) is 6.42 Å². The van der Waals surface area contributed by atoms with E-state index in [2.05, 4.69) is 33.9 Å². The topological polar surface area (TPSA) is 38.8 Å². The molecule has 0 N–H and O–H groups in total. The summed E-state index contributed by atoms with van der Waals surface area (Å²) in [6, 6.07) is 0. The second-order valence-electron chi connectivity index (χ2n) is 6.12. The average molecular weight is 244 g/mol. The van der Waals surface area contributed by atoms with E-state index >= 15 is 0 Å². The van der Waals surface area contributed by atoms with Gasteiger partial charge in [0.05, 0.1) is 12.2 Å². The second kappa shape index (κ2) is 4.59. The summed E-state index contributed by atoms with van der Waals surface area (Å²) < 4.78 is 11.6. The Morgan fingerprint density at radius 1 is 1.44 bits per heavy atom. The van der Waals surface area contributed by atoms with E-state index in [1.807, 2.05) is 6.92 Å². The Labute approximate surface area is 99.6 Å². The van der Waals surface area contributed by atoms with Crippen LogP contribution in [-0.4, -0.2) is 32.9 Å². The smallest absolute Gasteiger partial charge is 0.192 e. The molecular formula is C12H24O3Si. The van der Waals surface area contributed by atoms with E-state index in [1.165, 1.54) is 0 Å². The van der Waals surface area contributed by atoms with E-state index in [9.17, 15) is 4.79 Å². The minimum absolute atomic E-state index is 0.0478. The fourth-order valence-electron chi connectivity index (χ4n) is 1.49. The maximum Gasteiger partial charge on any atom is 0.192 e. The number of aldehydes is 1. The number of carbonyl (C=O) groups is 1. The first-order chi connectivity index (χ1) is 7.19. The largest absolute Gasteiger partial charge is 0.411 e. The van der Waals surface area contributed by atoms with Crippen LogP contribution in [0, 0.1) is 0 Å². The summed E-state index contributed by atoms with van der Waals surface area (Å²) in [5.41, 5.74) is 0. The Hall–Kier alpha value is -0.193. The van der Waals surface area contributed by atoms with Crippen molar-refractivity contribution >= 4 is 14.6 Å². The zero-order valence-corrected chi connectivity index (χ0v) is 12.2. The predicted octanol–water partition coefficient (Wildman–Crippen LogP) is 2.75. The van der Waals surface area contributed by atoms with Crippen LogP contribution in [0.25, 0.3) is 0 Å². The van der Waals surface area contributed by atoms with Crippen LogP contribution < -0.4 is 0 Å². The van der Waals surface area contributed by atoms with Crippen LogP contribution >= 0.6 is 0 Å². The van der Waals surface area contributed by atoms with Crippen LogP contribution in [0.2, 0.25) is 18.1 Å². The number of rotatable bonds is 5. The minimum Gasteiger partial charge on any atom is -0.411 e. The zero-order chi connectivity index (χ0) is 12.6. The Balaban J connectivity index is 2.64. The van der Waals surface area contributed by atoms with Gasteiger partial charge in [0.2, 0.25) is 0 Å². The molecule has 3 atom stereocenters. The maximum absolute atomic E-state index is 10.7. The summed E-state index contributed by atoms with van der Waals surface area (Å²) in [5.74, 6) is 0. The van der Waals surface area contributed by atoms with Crippen molar-refractivity contribution in [2.45, 2.75) is 70.6 Å². The van der Waals surface area contributed by atoms with E-state index in [1.54, 1.807) is 0 Å². The normalized spacial score (nSPS) is 27.6. The van der Waals surface area contributed by atoms with Crippen LogP contribution in [-0.2, 0) is 14.0 Å². The Kier molecular flexibility index (Phi) is 3.98. The Morgan fingerprint density at radius 3 is 2.25 bits per heavy atom. The fourth-order valence-corrected chi connectivity index (χ4v) is 2.83. The molecule has 1 fully saturated rings. The van der Waals surface area contributed by atoms with E-state index in [0.717, 1.165) is 6.29 Å². The molecule has 94 valence electrons. The average Bonchev–Trinajstić information content (AvgIpc) is 2.79. The van der Waals surface area contributed by atoms with Gasteiger partial charge < -0.3 is 14.0 Å². The van der Waals surface area contributed by atoms with Crippen molar-refractivity contribution in [2.24, 2.45) is 0 Å². The third-order valence-corrected chi connectivity index (χ3v) is 8.21. The lowest BCUT2D eigenvalue weighted by Crippen LogP contribution is -2.45. The fraction of sp³-hybridized carbons (Fsp3) is 0.917. The lowest BCUT2D eigenvalue weighted by molar-refractivity contribution is -0.109. The van der Waals surface area contributed by atoms with Gasteiger partial charge >= 0.3 is 0 Å². The highest BCUT2D eigenvalue weighted by molar-refractivity contribution is 6.74. The third-order valence-electron chi connectivity index (χ3n) is 3.70. The molecule has 0 aromatic carbocycles. The van der Waals surface area contributed by atoms with E-state index in [4.69, 9.17) is 9.16 Å². The molecule has 1 saturated heterocycles. The first kappa shape index (κ1) is 13.9. The van der Waals surface area contributed by atoms with Crippen molar-refractivity contribution in [3.63, 3.8) is 0 Å². The van der Waals surface area contributed by atoms with Crippen molar-refractivity contribution in [1.82, 2.24) is 0 Å². The van der Waals surface area contributed by atoms with Crippen LogP contribution in [0.1, 0.15) is 34.1 Å². The van der Waals surface area contributed by atoms with Gasteiger partial charge in [-0.05, 0) is 25.1 Å². The van der Waals surface area contributed by atoms with Crippen molar-refractivity contribution in [3.05, 3.63) is 0 Å². The SMILES string of the molecule is C[C@@H]1O[C@H]1[C@H](CC=O)O[Si](C)(C)C(C)(C)C. The highest BCUT2D eigenvalue weighted by Crippen LogP contribution is 2.40. The molecule has 0 aromatic heterocycles. The number of ether oxygens (including phenoxy) is 1. The summed E-state index contributed by atoms with van der Waals surface area (Å²) in [6.07, 6.45) is 1.70. The van der Waals surface area contributed by atoms with Gasteiger partial charge in [0.15, 0.2) is 8.32 Å². The van der Waals surface area contributed by atoms with Crippen molar-refractivity contribution < 1.29 is 14.0 Å². The molecule has 0 aliphatic carbocycles. The Morgan fingerprint density at radius 2 is 1.94 bits per heavy atom. The van der Waals surface area contributed by atoms with Gasteiger partial charge in [-0.1, -0.05) is 20.8 Å². The van der Waals surface area contributed by atoms with Crippen LogP contribution in [0.15, 0.2) is 0 Å². The first-order valence-electron chi connectivity index (χ1n) is 5.96. The van der Waals surface area contributed by atoms with Gasteiger partial charge in [-0.2, -0.15) is 0 Å². The molecule has 0 saturated carbocycles. The standard InChI is InChI=1S/C12H24O3Si/c1-9-11(14-9)10(7-8-13)15-16(5,6)12(2,3)4/h8-11H,7H2,1-6H3/t9-,10-,11+/m0/s1. The monoisotopic (exact) mass is 244 g/mol. The molecule has 0 bridgehead atoms. The summed E-state index contributed by atoms with van der Waals surface area (Å²) >= 11 is 0. The third kappa shape index (κ3) is 3.15. The summed E-state index contributed by atoms with van der Waals surface area (Å²) in [6.45, 7) is 13.0. The second-order valence-corrected chi connectivity index (χ2v) is 10.9. The molecule has 0 amide bonds. The van der Waals surface area contributed by atoms with Crippen molar-refractivity contribution in [2.75, 3.05) is 0 Å². The summed E-state index contributed by atoms with van der Waals surface area (Å²) in [4.78, 5) is 10.7.